The fourth-order valence-electron chi connectivity index (χ4n) is 1.18. The van der Waals surface area contributed by atoms with E-state index in [1.165, 1.54) is 4.52 Å². The Kier molecular flexibility index (Phi) is 2.22. The van der Waals surface area contributed by atoms with E-state index in [1.807, 2.05) is 0 Å². The molecule has 2 aromatic rings. The summed E-state index contributed by atoms with van der Waals surface area (Å²) in [5, 5.41) is 3.85. The molecule has 0 aliphatic heterocycles. The first-order valence-electron chi connectivity index (χ1n) is 4.17. The molecule has 2 aromatic heterocycles. The SMILES string of the molecule is NCOC(=O)c1nn2cccc2c(=O)[nH]1. The molecular formula is C8H8N4O3. The number of hydrogen-bond donors (Lipinski definition) is 2. The molecule has 0 saturated carbocycles. The van der Waals surface area contributed by atoms with Crippen LogP contribution < -0.4 is 11.3 Å². The minimum absolute atomic E-state index is 0.172. The van der Waals surface area contributed by atoms with Gasteiger partial charge in [0.2, 0.25) is 5.82 Å². The third-order valence-electron chi connectivity index (χ3n) is 1.81. The summed E-state index contributed by atoms with van der Waals surface area (Å²) >= 11 is 0. The van der Waals surface area contributed by atoms with Gasteiger partial charge in [-0.3, -0.25) is 15.5 Å². The van der Waals surface area contributed by atoms with Gasteiger partial charge in [-0.25, -0.2) is 9.31 Å². The van der Waals surface area contributed by atoms with Gasteiger partial charge >= 0.3 is 5.97 Å². The van der Waals surface area contributed by atoms with Crippen molar-refractivity contribution in [2.45, 2.75) is 0 Å². The highest BCUT2D eigenvalue weighted by molar-refractivity contribution is 5.85. The average molecular weight is 208 g/mol. The van der Waals surface area contributed by atoms with Crippen LogP contribution in [0, 0.1) is 0 Å². The average Bonchev–Trinajstić information content (AvgIpc) is 2.66. The van der Waals surface area contributed by atoms with Crippen molar-refractivity contribution in [1.82, 2.24) is 14.6 Å². The van der Waals surface area contributed by atoms with Crippen molar-refractivity contribution in [2.75, 3.05) is 6.73 Å². The van der Waals surface area contributed by atoms with Gasteiger partial charge in [0.1, 0.15) is 12.2 Å². The second kappa shape index (κ2) is 3.54. The van der Waals surface area contributed by atoms with Gasteiger partial charge in [-0.2, -0.15) is 0 Å². The Morgan fingerprint density at radius 3 is 3.20 bits per heavy atom. The van der Waals surface area contributed by atoms with Gasteiger partial charge in [0, 0.05) is 6.20 Å². The van der Waals surface area contributed by atoms with Crippen molar-refractivity contribution < 1.29 is 9.53 Å². The number of nitrogens with two attached hydrogens (primary N) is 1. The van der Waals surface area contributed by atoms with Gasteiger partial charge < -0.3 is 4.74 Å². The predicted octanol–water partition coefficient (Wildman–Crippen LogP) is -0.904. The molecule has 2 heterocycles. The van der Waals surface area contributed by atoms with Gasteiger partial charge in [-0.15, -0.1) is 5.10 Å². The second-order valence-corrected chi connectivity index (χ2v) is 2.74. The molecular weight excluding hydrogens is 200 g/mol. The van der Waals surface area contributed by atoms with Crippen LogP contribution in [0.3, 0.4) is 0 Å². The molecule has 0 radical (unpaired) electrons. The molecule has 0 bridgehead atoms. The first-order valence-corrected chi connectivity index (χ1v) is 4.17. The second-order valence-electron chi connectivity index (χ2n) is 2.74. The molecule has 78 valence electrons. The van der Waals surface area contributed by atoms with Gasteiger partial charge in [0.15, 0.2) is 0 Å². The van der Waals surface area contributed by atoms with Crippen molar-refractivity contribution in [3.63, 3.8) is 0 Å². The van der Waals surface area contributed by atoms with Gasteiger partial charge in [-0.1, -0.05) is 0 Å². The smallest absolute Gasteiger partial charge is 0.377 e. The van der Waals surface area contributed by atoms with Crippen LogP contribution in [-0.2, 0) is 4.74 Å². The molecule has 0 aliphatic rings. The van der Waals surface area contributed by atoms with E-state index in [4.69, 9.17) is 5.73 Å². The Hall–Kier alpha value is -2.15. The predicted molar refractivity (Wildman–Crippen MR) is 50.3 cm³/mol. The summed E-state index contributed by atoms with van der Waals surface area (Å²) < 4.78 is 5.80. The van der Waals surface area contributed by atoms with E-state index in [2.05, 4.69) is 14.8 Å². The maximum absolute atomic E-state index is 11.4. The summed E-state index contributed by atoms with van der Waals surface area (Å²) in [6, 6.07) is 3.24. The van der Waals surface area contributed by atoms with Crippen LogP contribution in [0.2, 0.25) is 0 Å². The highest BCUT2D eigenvalue weighted by Gasteiger charge is 2.11. The summed E-state index contributed by atoms with van der Waals surface area (Å²) in [6.07, 6.45) is 1.56. The lowest BCUT2D eigenvalue weighted by atomic mass is 10.5. The van der Waals surface area contributed by atoms with Crippen LogP contribution in [0.15, 0.2) is 23.1 Å². The zero-order valence-electron chi connectivity index (χ0n) is 7.64. The molecule has 0 amide bonds. The van der Waals surface area contributed by atoms with Crippen molar-refractivity contribution in [3.05, 3.63) is 34.5 Å². The zero-order chi connectivity index (χ0) is 10.8. The molecule has 7 nitrogen and oxygen atoms in total. The Labute approximate surface area is 83.5 Å². The van der Waals surface area contributed by atoms with Crippen LogP contribution in [0.5, 0.6) is 0 Å². The van der Waals surface area contributed by atoms with Gasteiger partial charge in [-0.05, 0) is 12.1 Å². The van der Waals surface area contributed by atoms with E-state index in [9.17, 15) is 9.59 Å². The maximum atomic E-state index is 11.4. The summed E-state index contributed by atoms with van der Waals surface area (Å²) in [5.74, 6) is -0.931. The topological polar surface area (TPSA) is 102 Å². The van der Waals surface area contributed by atoms with Crippen molar-refractivity contribution in [1.29, 1.82) is 0 Å². The van der Waals surface area contributed by atoms with Crippen LogP contribution in [0.4, 0.5) is 0 Å². The van der Waals surface area contributed by atoms with Crippen molar-refractivity contribution in [2.24, 2.45) is 5.73 Å². The Balaban J connectivity index is 2.54. The fraction of sp³-hybridized carbons (Fsp3) is 0.125. The van der Waals surface area contributed by atoms with Gasteiger partial charge in [0.05, 0.1) is 0 Å². The third-order valence-corrected chi connectivity index (χ3v) is 1.81. The molecule has 15 heavy (non-hydrogen) atoms. The highest BCUT2D eigenvalue weighted by Crippen LogP contribution is 1.96. The molecule has 2 rings (SSSR count). The van der Waals surface area contributed by atoms with E-state index in [1.54, 1.807) is 18.3 Å². The van der Waals surface area contributed by atoms with Crippen LogP contribution in [0.25, 0.3) is 5.52 Å². The molecule has 0 aliphatic carbocycles. The normalized spacial score (nSPS) is 10.5. The lowest BCUT2D eigenvalue weighted by Gasteiger charge is -2.00. The standard InChI is InChI=1S/C8H8N4O3/c9-4-15-8(14)6-10-7(13)5-2-1-3-12(5)11-6/h1-3H,4,9H2,(H,10,11,13). The quantitative estimate of drug-likeness (QED) is 0.491. The Morgan fingerprint density at radius 2 is 2.47 bits per heavy atom. The molecule has 0 saturated heterocycles. The Bertz CT molecular complexity index is 556. The Morgan fingerprint density at radius 1 is 1.67 bits per heavy atom. The molecule has 0 unspecified atom stereocenters. The summed E-state index contributed by atoms with van der Waals surface area (Å²) in [7, 11) is 0. The number of nitrogens with zero attached hydrogens (tertiary/aromatic N) is 2. The summed E-state index contributed by atoms with van der Waals surface area (Å²) in [5.41, 5.74) is 4.98. The fourth-order valence-corrected chi connectivity index (χ4v) is 1.18. The highest BCUT2D eigenvalue weighted by atomic mass is 16.5. The number of H-pyrrole nitrogens is 1. The number of aromatic nitrogens is 3. The number of carbonyl (C=O) groups is 1. The lowest BCUT2D eigenvalue weighted by Crippen LogP contribution is -2.22. The number of ether oxygens (including phenoxy) is 1. The largest absolute Gasteiger partial charge is 0.444 e. The number of rotatable bonds is 2. The summed E-state index contributed by atoms with van der Waals surface area (Å²) in [4.78, 5) is 24.9. The van der Waals surface area contributed by atoms with E-state index in [0.29, 0.717) is 5.52 Å². The maximum Gasteiger partial charge on any atom is 0.377 e. The number of fused-ring (bicyclic) bond motifs is 1. The minimum Gasteiger partial charge on any atom is -0.444 e. The number of carbonyl (C=O) groups excluding carboxylic acids is 1. The van der Waals surface area contributed by atoms with E-state index < -0.39 is 11.5 Å². The van der Waals surface area contributed by atoms with Crippen LogP contribution >= 0.6 is 0 Å². The zero-order valence-corrected chi connectivity index (χ0v) is 7.64. The van der Waals surface area contributed by atoms with Crippen LogP contribution in [-0.4, -0.2) is 27.3 Å². The van der Waals surface area contributed by atoms with Crippen molar-refractivity contribution >= 4 is 11.5 Å². The molecule has 0 aromatic carbocycles. The molecule has 0 atom stereocenters. The lowest BCUT2D eigenvalue weighted by molar-refractivity contribution is 0.0498. The van der Waals surface area contributed by atoms with Crippen LogP contribution in [0.1, 0.15) is 10.6 Å². The van der Waals surface area contributed by atoms with Gasteiger partial charge in [0.25, 0.3) is 5.56 Å². The first-order chi connectivity index (χ1) is 7.22. The first kappa shape index (κ1) is 9.41. The van der Waals surface area contributed by atoms with Crippen molar-refractivity contribution in [3.8, 4) is 0 Å². The van der Waals surface area contributed by atoms with E-state index in [0.717, 1.165) is 0 Å². The third kappa shape index (κ3) is 1.59. The molecule has 7 heteroatoms. The summed E-state index contributed by atoms with van der Waals surface area (Å²) in [6.45, 7) is -0.258. The van der Waals surface area contributed by atoms with E-state index in [-0.39, 0.29) is 12.6 Å². The molecule has 0 spiro atoms. The number of hydrogen-bond acceptors (Lipinski definition) is 5. The van der Waals surface area contributed by atoms with E-state index >= 15 is 0 Å². The molecule has 0 fully saturated rings. The monoisotopic (exact) mass is 208 g/mol. The number of esters is 1. The molecule has 3 N–H and O–H groups in total. The number of nitrogens with one attached hydrogen (secondary N) is 1. The number of aromatic amines is 1. The minimum atomic E-state index is -0.759.